The standard InChI is InChI=1S/C29H30ClF3/c1-3-16-29(30)17-8-7-11-24(29)19(2)26-25(31)18-23(27(32)28(26)33)22-14-12-21(13-15-22)20-9-5-4-6-10-20/h4-6,9-10,12-15,18-19,24H,3,7-8,11,16-17H2,1-2H3. The van der Waals surface area contributed by atoms with Crippen molar-refractivity contribution in [2.45, 2.75) is 63.2 Å². The molecule has 3 atom stereocenters. The van der Waals surface area contributed by atoms with Gasteiger partial charge < -0.3 is 0 Å². The summed E-state index contributed by atoms with van der Waals surface area (Å²) in [6.07, 6.45) is 5.32. The molecule has 4 rings (SSSR count). The summed E-state index contributed by atoms with van der Waals surface area (Å²) in [7, 11) is 0. The molecule has 0 N–H and O–H groups in total. The van der Waals surface area contributed by atoms with Crippen LogP contribution in [0.25, 0.3) is 22.3 Å². The molecule has 174 valence electrons. The fourth-order valence-electron chi connectivity index (χ4n) is 5.56. The molecule has 3 aromatic carbocycles. The van der Waals surface area contributed by atoms with Gasteiger partial charge in [0.1, 0.15) is 5.82 Å². The van der Waals surface area contributed by atoms with Crippen molar-refractivity contribution in [3.8, 4) is 22.3 Å². The zero-order valence-corrected chi connectivity index (χ0v) is 19.9. The third-order valence-corrected chi connectivity index (χ3v) is 7.90. The summed E-state index contributed by atoms with van der Waals surface area (Å²) in [5, 5.41) is 0. The first-order valence-electron chi connectivity index (χ1n) is 11.9. The van der Waals surface area contributed by atoms with E-state index in [1.165, 1.54) is 0 Å². The fraction of sp³-hybridized carbons (Fsp3) is 0.379. The molecule has 0 spiro atoms. The van der Waals surface area contributed by atoms with Gasteiger partial charge in [-0.15, -0.1) is 11.6 Å². The van der Waals surface area contributed by atoms with Gasteiger partial charge in [-0.3, -0.25) is 0 Å². The second kappa shape index (κ2) is 9.93. The SMILES string of the molecule is CCCC1(Cl)CCCCC1C(C)c1c(F)cc(-c2ccc(-c3ccccc3)cc2)c(F)c1F. The van der Waals surface area contributed by atoms with E-state index in [0.717, 1.165) is 55.7 Å². The molecule has 4 heteroatoms. The van der Waals surface area contributed by atoms with Gasteiger partial charge in [0.2, 0.25) is 0 Å². The predicted molar refractivity (Wildman–Crippen MR) is 131 cm³/mol. The van der Waals surface area contributed by atoms with E-state index in [1.807, 2.05) is 42.5 Å². The second-order valence-electron chi connectivity index (χ2n) is 9.32. The van der Waals surface area contributed by atoms with Crippen molar-refractivity contribution in [1.29, 1.82) is 0 Å². The Labute approximate surface area is 199 Å². The highest BCUT2D eigenvalue weighted by molar-refractivity contribution is 6.24. The number of hydrogen-bond acceptors (Lipinski definition) is 0. The molecule has 3 unspecified atom stereocenters. The number of hydrogen-bond donors (Lipinski definition) is 0. The van der Waals surface area contributed by atoms with Crippen LogP contribution in [-0.2, 0) is 0 Å². The molecule has 0 bridgehead atoms. The largest absolute Gasteiger partial charge is 0.207 e. The van der Waals surface area contributed by atoms with Crippen molar-refractivity contribution < 1.29 is 13.2 Å². The molecule has 0 heterocycles. The van der Waals surface area contributed by atoms with Gasteiger partial charge in [-0.1, -0.05) is 87.7 Å². The minimum Gasteiger partial charge on any atom is -0.207 e. The van der Waals surface area contributed by atoms with Crippen LogP contribution >= 0.6 is 11.6 Å². The minimum absolute atomic E-state index is 0.0603. The molecule has 0 saturated heterocycles. The Bertz CT molecular complexity index is 1090. The van der Waals surface area contributed by atoms with Crippen LogP contribution in [0, 0.1) is 23.4 Å². The molecule has 0 aromatic heterocycles. The summed E-state index contributed by atoms with van der Waals surface area (Å²) >= 11 is 6.98. The van der Waals surface area contributed by atoms with Crippen molar-refractivity contribution in [3.05, 3.63) is 83.7 Å². The fourth-order valence-corrected chi connectivity index (χ4v) is 6.18. The summed E-state index contributed by atoms with van der Waals surface area (Å²) in [6, 6.07) is 18.0. The molecule has 3 aromatic rings. The Morgan fingerprint density at radius 1 is 0.909 bits per heavy atom. The Kier molecular flexibility index (Phi) is 7.19. The van der Waals surface area contributed by atoms with Crippen LogP contribution in [0.2, 0.25) is 0 Å². The van der Waals surface area contributed by atoms with Crippen LogP contribution < -0.4 is 0 Å². The van der Waals surface area contributed by atoms with Gasteiger partial charge in [-0.05, 0) is 53.9 Å². The van der Waals surface area contributed by atoms with E-state index in [2.05, 4.69) is 6.92 Å². The summed E-state index contributed by atoms with van der Waals surface area (Å²) in [5.74, 6) is -3.39. The minimum atomic E-state index is -1.09. The van der Waals surface area contributed by atoms with Crippen molar-refractivity contribution in [2.75, 3.05) is 0 Å². The third kappa shape index (κ3) is 4.71. The highest BCUT2D eigenvalue weighted by Gasteiger charge is 2.43. The normalized spacial score (nSPS) is 21.7. The summed E-state index contributed by atoms with van der Waals surface area (Å²) in [4.78, 5) is -0.492. The quantitative estimate of drug-likeness (QED) is 0.248. The first-order chi connectivity index (χ1) is 15.9. The molecule has 0 nitrogen and oxygen atoms in total. The first-order valence-corrected chi connectivity index (χ1v) is 12.3. The van der Waals surface area contributed by atoms with Crippen LogP contribution in [0.15, 0.2) is 60.7 Å². The van der Waals surface area contributed by atoms with Gasteiger partial charge in [-0.2, -0.15) is 0 Å². The number of benzene rings is 3. The lowest BCUT2D eigenvalue weighted by atomic mass is 9.68. The van der Waals surface area contributed by atoms with Gasteiger partial charge >= 0.3 is 0 Å². The summed E-state index contributed by atoms with van der Waals surface area (Å²) in [5.41, 5.74) is 2.19. The zero-order chi connectivity index (χ0) is 23.6. The van der Waals surface area contributed by atoms with E-state index in [1.54, 1.807) is 19.1 Å². The molecular formula is C29H30ClF3. The highest BCUT2D eigenvalue weighted by Crippen LogP contribution is 2.50. The van der Waals surface area contributed by atoms with E-state index in [-0.39, 0.29) is 17.0 Å². The Hall–Kier alpha value is -2.26. The number of rotatable bonds is 6. The topological polar surface area (TPSA) is 0 Å². The van der Waals surface area contributed by atoms with Gasteiger partial charge in [0.15, 0.2) is 11.6 Å². The molecule has 33 heavy (non-hydrogen) atoms. The average molecular weight is 471 g/mol. The van der Waals surface area contributed by atoms with Gasteiger partial charge in [0, 0.05) is 16.0 Å². The highest BCUT2D eigenvalue weighted by atomic mass is 35.5. The number of alkyl halides is 1. The van der Waals surface area contributed by atoms with E-state index < -0.39 is 28.2 Å². The van der Waals surface area contributed by atoms with Gasteiger partial charge in [0.25, 0.3) is 0 Å². The molecule has 0 radical (unpaired) electrons. The monoisotopic (exact) mass is 470 g/mol. The van der Waals surface area contributed by atoms with Crippen molar-refractivity contribution in [3.63, 3.8) is 0 Å². The molecule has 1 saturated carbocycles. The first kappa shape index (κ1) is 23.9. The van der Waals surface area contributed by atoms with E-state index in [0.29, 0.717) is 5.56 Å². The van der Waals surface area contributed by atoms with Crippen LogP contribution in [0.5, 0.6) is 0 Å². The third-order valence-electron chi connectivity index (χ3n) is 7.24. The number of halogens is 4. The Morgan fingerprint density at radius 3 is 2.21 bits per heavy atom. The molecule has 0 aliphatic heterocycles. The smallest absolute Gasteiger partial charge is 0.167 e. The van der Waals surface area contributed by atoms with Gasteiger partial charge in [0.05, 0.1) is 0 Å². The lowest BCUT2D eigenvalue weighted by Gasteiger charge is -2.43. The van der Waals surface area contributed by atoms with Crippen molar-refractivity contribution in [1.82, 2.24) is 0 Å². The molecular weight excluding hydrogens is 441 g/mol. The Morgan fingerprint density at radius 2 is 1.55 bits per heavy atom. The second-order valence-corrected chi connectivity index (χ2v) is 10.1. The van der Waals surface area contributed by atoms with Crippen molar-refractivity contribution in [2.24, 2.45) is 5.92 Å². The van der Waals surface area contributed by atoms with E-state index in [9.17, 15) is 0 Å². The van der Waals surface area contributed by atoms with Crippen LogP contribution in [-0.4, -0.2) is 4.87 Å². The van der Waals surface area contributed by atoms with Crippen molar-refractivity contribution >= 4 is 11.6 Å². The van der Waals surface area contributed by atoms with Crippen LogP contribution in [0.1, 0.15) is 63.9 Å². The molecule has 1 fully saturated rings. The van der Waals surface area contributed by atoms with Crippen LogP contribution in [0.3, 0.4) is 0 Å². The lowest BCUT2D eigenvalue weighted by molar-refractivity contribution is 0.215. The van der Waals surface area contributed by atoms with Gasteiger partial charge in [-0.25, -0.2) is 13.2 Å². The molecule has 1 aliphatic rings. The lowest BCUT2D eigenvalue weighted by Crippen LogP contribution is -2.38. The predicted octanol–water partition coefficient (Wildman–Crippen LogP) is 9.51. The maximum absolute atomic E-state index is 15.3. The van der Waals surface area contributed by atoms with E-state index in [4.69, 9.17) is 11.6 Å². The summed E-state index contributed by atoms with van der Waals surface area (Å²) in [6.45, 7) is 3.86. The van der Waals surface area contributed by atoms with Crippen LogP contribution in [0.4, 0.5) is 13.2 Å². The maximum Gasteiger partial charge on any atom is 0.167 e. The summed E-state index contributed by atoms with van der Waals surface area (Å²) < 4.78 is 45.9. The van der Waals surface area contributed by atoms with E-state index >= 15 is 13.2 Å². The molecule has 1 aliphatic carbocycles. The Balaban J connectivity index is 1.68. The maximum atomic E-state index is 15.3. The average Bonchev–Trinajstić information content (AvgIpc) is 2.82. The zero-order valence-electron chi connectivity index (χ0n) is 19.2. The molecule has 0 amide bonds.